The number of halogens is 3. The van der Waals surface area contributed by atoms with E-state index >= 15 is 0 Å². The van der Waals surface area contributed by atoms with Gasteiger partial charge in [-0.1, -0.05) is 12.1 Å². The normalized spacial score (nSPS) is 20.2. The molecule has 2 heterocycles. The van der Waals surface area contributed by atoms with E-state index in [-0.39, 0.29) is 18.4 Å². The average molecular weight is 358 g/mol. The first-order valence-electron chi connectivity index (χ1n) is 7.31. The van der Waals surface area contributed by atoms with E-state index in [4.69, 9.17) is 0 Å². The molecular formula is C15H18ClF2N5O. The number of rotatable bonds is 4. The third-order valence-corrected chi connectivity index (χ3v) is 3.86. The first kappa shape index (κ1) is 18.3. The fraction of sp³-hybridized carbons (Fsp3) is 0.400. The largest absolute Gasteiger partial charge is 0.348 e. The molecule has 1 amide bonds. The highest BCUT2D eigenvalue weighted by atomic mass is 35.5. The molecule has 130 valence electrons. The monoisotopic (exact) mass is 357 g/mol. The second kappa shape index (κ2) is 7.23. The minimum Gasteiger partial charge on any atom is -0.348 e. The molecule has 1 aromatic heterocycles. The fourth-order valence-corrected chi connectivity index (χ4v) is 2.56. The maximum atomic E-state index is 13.1. The highest BCUT2D eigenvalue weighted by Crippen LogP contribution is 2.25. The van der Waals surface area contributed by atoms with Gasteiger partial charge in [0.05, 0.1) is 24.3 Å². The van der Waals surface area contributed by atoms with Crippen molar-refractivity contribution in [3.8, 4) is 5.69 Å². The lowest BCUT2D eigenvalue weighted by Gasteiger charge is -2.18. The number of hydrogen-bond donors (Lipinski definition) is 2. The van der Waals surface area contributed by atoms with Gasteiger partial charge < -0.3 is 5.32 Å². The minimum atomic E-state index is -2.81. The summed E-state index contributed by atoms with van der Waals surface area (Å²) in [4.78, 5) is 15.9. The molecule has 3 rings (SSSR count). The number of nitrogens with zero attached hydrogens (tertiary/aromatic N) is 3. The van der Waals surface area contributed by atoms with Gasteiger partial charge in [-0.05, 0) is 24.6 Å². The third-order valence-electron chi connectivity index (χ3n) is 3.86. The number of amides is 1. The van der Waals surface area contributed by atoms with Gasteiger partial charge >= 0.3 is 0 Å². The van der Waals surface area contributed by atoms with Gasteiger partial charge in [-0.25, -0.2) is 18.4 Å². The van der Waals surface area contributed by atoms with Gasteiger partial charge in [-0.2, -0.15) is 5.10 Å². The lowest BCUT2D eigenvalue weighted by molar-refractivity contribution is -0.124. The van der Waals surface area contributed by atoms with Gasteiger partial charge in [0, 0.05) is 6.42 Å². The van der Waals surface area contributed by atoms with Crippen LogP contribution in [-0.2, 0) is 4.79 Å². The van der Waals surface area contributed by atoms with Crippen LogP contribution in [0, 0.1) is 0 Å². The Balaban J connectivity index is 0.00000208. The maximum Gasteiger partial charge on any atom is 0.262 e. The highest BCUT2D eigenvalue weighted by molar-refractivity contribution is 5.85. The second-order valence-electron chi connectivity index (χ2n) is 5.66. The lowest BCUT2D eigenvalue weighted by Crippen LogP contribution is -2.41. The summed E-state index contributed by atoms with van der Waals surface area (Å²) in [5.74, 6) is -3.22. The Bertz CT molecular complexity index is 678. The van der Waals surface area contributed by atoms with Crippen LogP contribution in [0.25, 0.3) is 5.69 Å². The number of carbonyl (C=O) groups is 1. The van der Waals surface area contributed by atoms with Crippen LogP contribution in [-0.4, -0.2) is 39.2 Å². The van der Waals surface area contributed by atoms with Crippen molar-refractivity contribution in [1.29, 1.82) is 0 Å². The summed E-state index contributed by atoms with van der Waals surface area (Å²) in [6, 6.07) is 6.31. The van der Waals surface area contributed by atoms with E-state index in [1.807, 2.05) is 31.2 Å². The summed E-state index contributed by atoms with van der Waals surface area (Å²) in [7, 11) is 0. The van der Waals surface area contributed by atoms with Crippen LogP contribution in [0.5, 0.6) is 0 Å². The highest BCUT2D eigenvalue weighted by Gasteiger charge is 2.42. The van der Waals surface area contributed by atoms with Crippen LogP contribution in [0.2, 0.25) is 0 Å². The molecule has 0 bridgehead atoms. The van der Waals surface area contributed by atoms with E-state index in [1.54, 1.807) is 11.0 Å². The lowest BCUT2D eigenvalue weighted by atomic mass is 10.1. The fourth-order valence-electron chi connectivity index (χ4n) is 2.56. The van der Waals surface area contributed by atoms with Crippen LogP contribution < -0.4 is 10.6 Å². The van der Waals surface area contributed by atoms with Gasteiger partial charge in [0.2, 0.25) is 5.91 Å². The van der Waals surface area contributed by atoms with Crippen LogP contribution in [0.1, 0.15) is 24.9 Å². The second-order valence-corrected chi connectivity index (χ2v) is 5.66. The zero-order chi connectivity index (χ0) is 16.4. The van der Waals surface area contributed by atoms with Crippen LogP contribution in [0.15, 0.2) is 36.9 Å². The van der Waals surface area contributed by atoms with E-state index in [2.05, 4.69) is 20.7 Å². The van der Waals surface area contributed by atoms with Gasteiger partial charge in [0.25, 0.3) is 5.92 Å². The van der Waals surface area contributed by atoms with Crippen LogP contribution in [0.4, 0.5) is 8.78 Å². The first-order valence-corrected chi connectivity index (χ1v) is 7.31. The van der Waals surface area contributed by atoms with Gasteiger partial charge in [-0.15, -0.1) is 12.4 Å². The summed E-state index contributed by atoms with van der Waals surface area (Å²) >= 11 is 0. The Morgan fingerprint density at radius 2 is 2.12 bits per heavy atom. The quantitative estimate of drug-likeness (QED) is 0.876. The van der Waals surface area contributed by atoms with Crippen molar-refractivity contribution >= 4 is 18.3 Å². The summed E-state index contributed by atoms with van der Waals surface area (Å²) in [5, 5.41) is 9.34. The summed E-state index contributed by atoms with van der Waals surface area (Å²) in [5.41, 5.74) is 1.73. The maximum absolute atomic E-state index is 13.1. The standard InChI is InChI=1S/C15H17F2N5O.ClH/c1-10(21-14(23)13-6-15(16,17)7-19-13)11-2-4-12(5-3-11)22-9-18-8-20-22;/h2-5,8-10,13,19H,6-7H2,1H3,(H,21,23);1H. The Kier molecular flexibility index (Phi) is 5.51. The van der Waals surface area contributed by atoms with Crippen LogP contribution >= 0.6 is 12.4 Å². The van der Waals surface area contributed by atoms with Gasteiger partial charge in [-0.3, -0.25) is 10.1 Å². The zero-order valence-corrected chi connectivity index (χ0v) is 13.8. The van der Waals surface area contributed by atoms with Crippen molar-refractivity contribution in [3.63, 3.8) is 0 Å². The Labute approximate surface area is 144 Å². The molecule has 9 heteroatoms. The molecule has 1 saturated heterocycles. The van der Waals surface area contributed by atoms with Crippen molar-refractivity contribution in [1.82, 2.24) is 25.4 Å². The SMILES string of the molecule is CC(NC(=O)C1CC(F)(F)CN1)c1ccc(-n2cncn2)cc1.Cl. The topological polar surface area (TPSA) is 71.8 Å². The Hall–Kier alpha value is -2.06. The number of hydrogen-bond acceptors (Lipinski definition) is 4. The number of carbonyl (C=O) groups excluding carboxylic acids is 1. The van der Waals surface area contributed by atoms with E-state index in [0.717, 1.165) is 11.3 Å². The van der Waals surface area contributed by atoms with Gasteiger partial charge in [0.15, 0.2) is 0 Å². The first-order chi connectivity index (χ1) is 10.9. The molecule has 24 heavy (non-hydrogen) atoms. The zero-order valence-electron chi connectivity index (χ0n) is 12.9. The molecule has 1 fully saturated rings. The molecule has 1 aliphatic rings. The van der Waals surface area contributed by atoms with E-state index in [0.29, 0.717) is 0 Å². The summed E-state index contributed by atoms with van der Waals surface area (Å²) in [6.07, 6.45) is 2.57. The van der Waals surface area contributed by atoms with E-state index in [1.165, 1.54) is 6.33 Å². The average Bonchev–Trinajstić information content (AvgIpc) is 3.16. The number of aromatic nitrogens is 3. The molecule has 0 saturated carbocycles. The predicted molar refractivity (Wildman–Crippen MR) is 86.5 cm³/mol. The van der Waals surface area contributed by atoms with Crippen molar-refractivity contribution in [2.24, 2.45) is 0 Å². The van der Waals surface area contributed by atoms with Crippen LogP contribution in [0.3, 0.4) is 0 Å². The molecule has 2 N–H and O–H groups in total. The molecule has 1 aliphatic heterocycles. The molecular weight excluding hydrogens is 340 g/mol. The van der Waals surface area contributed by atoms with E-state index < -0.39 is 30.8 Å². The smallest absolute Gasteiger partial charge is 0.262 e. The van der Waals surface area contributed by atoms with E-state index in [9.17, 15) is 13.6 Å². The van der Waals surface area contributed by atoms with Crippen molar-refractivity contribution < 1.29 is 13.6 Å². The van der Waals surface area contributed by atoms with Crippen molar-refractivity contribution in [2.45, 2.75) is 31.4 Å². The molecule has 0 radical (unpaired) electrons. The van der Waals surface area contributed by atoms with Gasteiger partial charge in [0.1, 0.15) is 12.7 Å². The molecule has 1 aromatic carbocycles. The third kappa shape index (κ3) is 4.07. The number of nitrogens with one attached hydrogen (secondary N) is 2. The molecule has 2 unspecified atom stereocenters. The van der Waals surface area contributed by atoms with Crippen molar-refractivity contribution in [2.75, 3.05) is 6.54 Å². The minimum absolute atomic E-state index is 0. The number of benzene rings is 1. The predicted octanol–water partition coefficient (Wildman–Crippen LogP) is 1.86. The summed E-state index contributed by atoms with van der Waals surface area (Å²) in [6.45, 7) is 1.36. The summed E-state index contributed by atoms with van der Waals surface area (Å²) < 4.78 is 27.9. The molecule has 0 spiro atoms. The molecule has 6 nitrogen and oxygen atoms in total. The van der Waals surface area contributed by atoms with Crippen molar-refractivity contribution in [3.05, 3.63) is 42.5 Å². The number of alkyl halides is 2. The molecule has 2 aromatic rings. The Morgan fingerprint density at radius 3 is 2.67 bits per heavy atom. The Morgan fingerprint density at radius 1 is 1.42 bits per heavy atom. The molecule has 0 aliphatic carbocycles. The molecule has 2 atom stereocenters.